The summed E-state index contributed by atoms with van der Waals surface area (Å²) in [5.41, 5.74) is 0.246. The van der Waals surface area contributed by atoms with Crippen LogP contribution in [0.3, 0.4) is 0 Å². The highest BCUT2D eigenvalue weighted by molar-refractivity contribution is 5.89. The lowest BCUT2D eigenvalue weighted by Crippen LogP contribution is -2.16. The second-order valence-corrected chi connectivity index (χ2v) is 4.77. The van der Waals surface area contributed by atoms with Gasteiger partial charge in [0.2, 0.25) is 0 Å². The summed E-state index contributed by atoms with van der Waals surface area (Å²) in [4.78, 5) is 25.8. The lowest BCUT2D eigenvalue weighted by molar-refractivity contribution is -0.384. The molecule has 1 atom stereocenters. The Balaban J connectivity index is 1.85. The van der Waals surface area contributed by atoms with E-state index >= 15 is 0 Å². The molecule has 0 radical (unpaired) electrons. The molecule has 0 fully saturated rings. The van der Waals surface area contributed by atoms with Crippen molar-refractivity contribution in [2.45, 2.75) is 13.5 Å². The van der Waals surface area contributed by atoms with Crippen molar-refractivity contribution < 1.29 is 14.5 Å². The van der Waals surface area contributed by atoms with Gasteiger partial charge in [0.1, 0.15) is 0 Å². The Morgan fingerprint density at radius 2 is 2.14 bits per heavy atom. The molecule has 0 amide bonds. The highest BCUT2D eigenvalue weighted by Gasteiger charge is 2.12. The van der Waals surface area contributed by atoms with E-state index < -0.39 is 10.9 Å². The molecule has 0 aliphatic rings. The Morgan fingerprint density at radius 1 is 1.43 bits per heavy atom. The number of ether oxygens (including phenoxy) is 1. The van der Waals surface area contributed by atoms with E-state index in [0.717, 1.165) is 0 Å². The number of imidazole rings is 1. The van der Waals surface area contributed by atoms with Crippen molar-refractivity contribution in [3.63, 3.8) is 0 Å². The number of carbonyl (C=O) groups is 1. The first-order chi connectivity index (χ1) is 10.1. The van der Waals surface area contributed by atoms with Crippen molar-refractivity contribution in [3.05, 3.63) is 58.7 Å². The summed E-state index contributed by atoms with van der Waals surface area (Å²) in [6, 6.07) is 5.35. The number of non-ortho nitro benzene ring substituents is 1. The van der Waals surface area contributed by atoms with Gasteiger partial charge in [0, 0.05) is 37.0 Å². The second kappa shape index (κ2) is 6.65. The minimum Gasteiger partial charge on any atom is -0.462 e. The first-order valence-corrected chi connectivity index (χ1v) is 6.43. The van der Waals surface area contributed by atoms with E-state index in [1.807, 2.05) is 17.7 Å². The molecule has 0 spiro atoms. The van der Waals surface area contributed by atoms with E-state index in [1.54, 1.807) is 12.5 Å². The quantitative estimate of drug-likeness (QED) is 0.462. The maximum Gasteiger partial charge on any atom is 0.338 e. The summed E-state index contributed by atoms with van der Waals surface area (Å²) in [5, 5.41) is 10.5. The van der Waals surface area contributed by atoms with E-state index in [0.29, 0.717) is 12.1 Å². The Labute approximate surface area is 121 Å². The highest BCUT2D eigenvalue weighted by atomic mass is 16.6. The summed E-state index contributed by atoms with van der Waals surface area (Å²) < 4.78 is 7.10. The number of nitro benzene ring substituents is 1. The van der Waals surface area contributed by atoms with Crippen LogP contribution in [0.1, 0.15) is 17.3 Å². The van der Waals surface area contributed by atoms with Crippen LogP contribution >= 0.6 is 0 Å². The highest BCUT2D eigenvalue weighted by Crippen LogP contribution is 2.13. The summed E-state index contributed by atoms with van der Waals surface area (Å²) in [5.74, 6) is -0.344. The van der Waals surface area contributed by atoms with Crippen LogP contribution in [0.5, 0.6) is 0 Å². The van der Waals surface area contributed by atoms with Gasteiger partial charge in [0.25, 0.3) is 5.69 Å². The molecule has 2 rings (SSSR count). The van der Waals surface area contributed by atoms with Crippen molar-refractivity contribution >= 4 is 11.7 Å². The van der Waals surface area contributed by atoms with Crippen LogP contribution in [0.25, 0.3) is 0 Å². The van der Waals surface area contributed by atoms with Gasteiger partial charge in [-0.25, -0.2) is 9.78 Å². The lowest BCUT2D eigenvalue weighted by atomic mass is 10.2. The largest absolute Gasteiger partial charge is 0.462 e. The van der Waals surface area contributed by atoms with Crippen LogP contribution < -0.4 is 0 Å². The van der Waals surface area contributed by atoms with Crippen molar-refractivity contribution in [1.82, 2.24) is 9.55 Å². The van der Waals surface area contributed by atoms with Crippen molar-refractivity contribution in [2.24, 2.45) is 5.92 Å². The minimum atomic E-state index is -0.512. The third-order valence-corrected chi connectivity index (χ3v) is 2.89. The second-order valence-electron chi connectivity index (χ2n) is 4.77. The maximum absolute atomic E-state index is 11.8. The van der Waals surface area contributed by atoms with Crippen LogP contribution in [-0.2, 0) is 11.3 Å². The van der Waals surface area contributed by atoms with Crippen molar-refractivity contribution in [3.8, 4) is 0 Å². The number of aromatic nitrogens is 2. The normalized spacial score (nSPS) is 11.9. The zero-order chi connectivity index (χ0) is 15.2. The van der Waals surface area contributed by atoms with E-state index in [1.165, 1.54) is 24.3 Å². The molecule has 0 N–H and O–H groups in total. The zero-order valence-corrected chi connectivity index (χ0v) is 11.5. The van der Waals surface area contributed by atoms with E-state index in [2.05, 4.69) is 4.98 Å². The van der Waals surface area contributed by atoms with E-state index in [9.17, 15) is 14.9 Å². The predicted octanol–water partition coefficient (Wildman–Crippen LogP) is 2.28. The first-order valence-electron chi connectivity index (χ1n) is 6.43. The van der Waals surface area contributed by atoms with Crippen LogP contribution in [0.4, 0.5) is 5.69 Å². The number of benzene rings is 1. The molecule has 7 nitrogen and oxygen atoms in total. The number of nitro groups is 1. The smallest absolute Gasteiger partial charge is 0.338 e. The van der Waals surface area contributed by atoms with E-state index in [4.69, 9.17) is 4.74 Å². The average molecular weight is 289 g/mol. The molecule has 1 aromatic carbocycles. The molecule has 0 saturated carbocycles. The number of esters is 1. The Hall–Kier alpha value is -2.70. The van der Waals surface area contributed by atoms with Gasteiger partial charge >= 0.3 is 5.97 Å². The number of carbonyl (C=O) groups excluding carboxylic acids is 1. The lowest BCUT2D eigenvalue weighted by Gasteiger charge is -2.12. The Morgan fingerprint density at radius 3 is 2.71 bits per heavy atom. The number of rotatable bonds is 6. The maximum atomic E-state index is 11.8. The van der Waals surface area contributed by atoms with Crippen LogP contribution in [-0.4, -0.2) is 27.1 Å². The van der Waals surface area contributed by atoms with Gasteiger partial charge in [0.05, 0.1) is 23.4 Å². The van der Waals surface area contributed by atoms with Crippen LogP contribution in [0, 0.1) is 16.0 Å². The summed E-state index contributed by atoms with van der Waals surface area (Å²) in [7, 11) is 0. The zero-order valence-electron chi connectivity index (χ0n) is 11.5. The van der Waals surface area contributed by atoms with E-state index in [-0.39, 0.29) is 18.2 Å². The molecular weight excluding hydrogens is 274 g/mol. The number of nitrogens with zero attached hydrogens (tertiary/aromatic N) is 3. The summed E-state index contributed by atoms with van der Waals surface area (Å²) in [6.45, 7) is 2.94. The molecule has 21 heavy (non-hydrogen) atoms. The van der Waals surface area contributed by atoms with Gasteiger partial charge in [0.15, 0.2) is 0 Å². The standard InChI is InChI=1S/C14H15N3O4/c1-11(8-16-7-6-15-10-16)9-21-14(18)12-2-4-13(5-3-12)17(19)20/h2-7,10-11H,8-9H2,1H3. The molecule has 0 saturated heterocycles. The fourth-order valence-electron chi connectivity index (χ4n) is 1.83. The summed E-state index contributed by atoms with van der Waals surface area (Å²) in [6.07, 6.45) is 5.24. The Kier molecular flexibility index (Phi) is 4.65. The topological polar surface area (TPSA) is 87.3 Å². The molecule has 1 aromatic heterocycles. The molecule has 1 heterocycles. The van der Waals surface area contributed by atoms with Crippen LogP contribution in [0.2, 0.25) is 0 Å². The molecule has 7 heteroatoms. The third-order valence-electron chi connectivity index (χ3n) is 2.89. The molecule has 0 aliphatic carbocycles. The number of hydrogen-bond acceptors (Lipinski definition) is 5. The molecular formula is C14H15N3O4. The molecule has 1 unspecified atom stereocenters. The fourth-order valence-corrected chi connectivity index (χ4v) is 1.83. The third kappa shape index (κ3) is 4.13. The van der Waals surface area contributed by atoms with Gasteiger partial charge in [-0.2, -0.15) is 0 Å². The van der Waals surface area contributed by atoms with Crippen molar-refractivity contribution in [2.75, 3.05) is 6.61 Å². The molecule has 2 aromatic rings. The molecule has 0 bridgehead atoms. The molecule has 0 aliphatic heterocycles. The minimum absolute atomic E-state index is 0.0555. The Bertz CT molecular complexity index is 608. The van der Waals surface area contributed by atoms with Gasteiger partial charge < -0.3 is 9.30 Å². The first kappa shape index (κ1) is 14.7. The number of hydrogen-bond donors (Lipinski definition) is 0. The predicted molar refractivity (Wildman–Crippen MR) is 74.8 cm³/mol. The van der Waals surface area contributed by atoms with Gasteiger partial charge in [-0.15, -0.1) is 0 Å². The average Bonchev–Trinajstić information content (AvgIpc) is 2.97. The van der Waals surface area contributed by atoms with Gasteiger partial charge in [-0.05, 0) is 12.1 Å². The summed E-state index contributed by atoms with van der Waals surface area (Å²) >= 11 is 0. The SMILES string of the molecule is CC(COC(=O)c1ccc([N+](=O)[O-])cc1)Cn1ccnc1. The van der Waals surface area contributed by atoms with Gasteiger partial charge in [-0.3, -0.25) is 10.1 Å². The molecule has 110 valence electrons. The monoisotopic (exact) mass is 289 g/mol. The fraction of sp³-hybridized carbons (Fsp3) is 0.286. The van der Waals surface area contributed by atoms with Crippen molar-refractivity contribution in [1.29, 1.82) is 0 Å². The van der Waals surface area contributed by atoms with Gasteiger partial charge in [-0.1, -0.05) is 6.92 Å². The van der Waals surface area contributed by atoms with Crippen LogP contribution in [0.15, 0.2) is 43.0 Å².